The zero-order valence-corrected chi connectivity index (χ0v) is 38.9. The Bertz CT molecular complexity index is 4050. The van der Waals surface area contributed by atoms with E-state index in [-0.39, 0.29) is 0 Å². The molecule has 0 amide bonds. The van der Waals surface area contributed by atoms with Crippen LogP contribution < -0.4 is 0 Å². The van der Waals surface area contributed by atoms with Gasteiger partial charge in [0.1, 0.15) is 0 Å². The number of nitrogens with zero attached hydrogens (tertiary/aromatic N) is 6. The molecule has 0 atom stereocenters. The molecule has 336 valence electrons. The summed E-state index contributed by atoms with van der Waals surface area (Å²) in [6.07, 6.45) is 7.88. The lowest BCUT2D eigenvalue weighted by atomic mass is 9.95. The van der Waals surface area contributed by atoms with Crippen LogP contribution in [0.5, 0.6) is 0 Å². The largest absolute Gasteiger partial charge is 0.306 e. The fourth-order valence-electron chi connectivity index (χ4n) is 10.8. The van der Waals surface area contributed by atoms with Gasteiger partial charge in [0.05, 0.1) is 68.6 Å². The standard InChI is InChI=1S/C66H42N6/c1-5-17-43(18-6-1)61-55-33-31-54-53(65(55)71(63(61)45-21-9-3-10-22-45)51-29-35-59(69-41-51)49-37-47-25-13-15-27-57(47)67-39-49)32-34-56-62(44-19-7-2-8-20-44)64(46-23-11-4-12-24-46)72(66(54)56)52-30-36-60(70-42-52)50-38-48-26-14-16-28-58(48)68-40-50/h1-42H. The number of hydrogen-bond acceptors (Lipinski definition) is 4. The van der Waals surface area contributed by atoms with Crippen molar-refractivity contribution in [3.63, 3.8) is 0 Å². The zero-order valence-electron chi connectivity index (χ0n) is 38.9. The van der Waals surface area contributed by atoms with Crippen molar-refractivity contribution in [2.75, 3.05) is 0 Å². The maximum atomic E-state index is 5.19. The van der Waals surface area contributed by atoms with Crippen molar-refractivity contribution in [2.45, 2.75) is 0 Å². The molecule has 14 aromatic rings. The van der Waals surface area contributed by atoms with Gasteiger partial charge in [0.2, 0.25) is 0 Å². The fraction of sp³-hybridized carbons (Fsp3) is 0. The number of hydrogen-bond donors (Lipinski definition) is 0. The van der Waals surface area contributed by atoms with Crippen molar-refractivity contribution < 1.29 is 0 Å². The SMILES string of the molecule is c1ccc(-c2c(-c3ccccc3)n(-c3ccc(-c4cnc5ccccc5c4)nc3)c3c2ccc2c3ccc3c(-c4ccccc4)c(-c4ccccc4)n(-c4ccc(-c5cnc6ccccc6c5)nc4)c32)cc1. The molecule has 0 aliphatic heterocycles. The number of pyridine rings is 4. The normalized spacial score (nSPS) is 11.6. The van der Waals surface area contributed by atoms with Crippen LogP contribution in [-0.4, -0.2) is 29.1 Å². The molecule has 0 saturated heterocycles. The lowest BCUT2D eigenvalue weighted by Crippen LogP contribution is -2.01. The molecular weight excluding hydrogens is 877 g/mol. The minimum atomic E-state index is 0.862. The van der Waals surface area contributed by atoms with Gasteiger partial charge in [0, 0.05) is 67.0 Å². The van der Waals surface area contributed by atoms with Gasteiger partial charge in [0.25, 0.3) is 0 Å². The molecule has 6 nitrogen and oxygen atoms in total. The summed E-state index contributed by atoms with van der Waals surface area (Å²) in [6, 6.07) is 81.9. The molecule has 0 N–H and O–H groups in total. The van der Waals surface area contributed by atoms with E-state index in [4.69, 9.17) is 19.9 Å². The Labute approximate surface area is 415 Å². The topological polar surface area (TPSA) is 61.4 Å². The first kappa shape index (κ1) is 41.2. The van der Waals surface area contributed by atoms with Crippen LogP contribution in [-0.2, 0) is 0 Å². The summed E-state index contributed by atoms with van der Waals surface area (Å²) in [4.78, 5) is 19.9. The maximum Gasteiger partial charge on any atom is 0.0719 e. The first-order valence-electron chi connectivity index (χ1n) is 24.3. The zero-order chi connectivity index (χ0) is 47.5. The molecule has 8 aromatic carbocycles. The molecule has 0 bridgehead atoms. The smallest absolute Gasteiger partial charge is 0.0719 e. The minimum Gasteiger partial charge on any atom is -0.306 e. The molecule has 0 aliphatic rings. The third-order valence-corrected chi connectivity index (χ3v) is 14.1. The van der Waals surface area contributed by atoms with Crippen LogP contribution in [0.2, 0.25) is 0 Å². The van der Waals surface area contributed by atoms with Crippen LogP contribution >= 0.6 is 0 Å². The van der Waals surface area contributed by atoms with E-state index < -0.39 is 0 Å². The van der Waals surface area contributed by atoms with Crippen LogP contribution in [0.3, 0.4) is 0 Å². The van der Waals surface area contributed by atoms with Crippen molar-refractivity contribution in [1.29, 1.82) is 0 Å². The maximum absolute atomic E-state index is 5.19. The van der Waals surface area contributed by atoms with Gasteiger partial charge >= 0.3 is 0 Å². The minimum absolute atomic E-state index is 0.862. The van der Waals surface area contributed by atoms with E-state index in [0.29, 0.717) is 0 Å². The molecule has 0 fully saturated rings. The number of para-hydroxylation sites is 2. The summed E-state index contributed by atoms with van der Waals surface area (Å²) in [5.41, 5.74) is 18.7. The molecule has 6 heteroatoms. The molecule has 0 aliphatic carbocycles. The summed E-state index contributed by atoms with van der Waals surface area (Å²) < 4.78 is 4.88. The van der Waals surface area contributed by atoms with Gasteiger partial charge in [-0.1, -0.05) is 182 Å². The molecule has 0 saturated carbocycles. The summed E-state index contributed by atoms with van der Waals surface area (Å²) in [5, 5.41) is 6.69. The van der Waals surface area contributed by atoms with Gasteiger partial charge in [-0.25, -0.2) is 0 Å². The van der Waals surface area contributed by atoms with Gasteiger partial charge in [-0.3, -0.25) is 19.9 Å². The number of rotatable bonds is 8. The Hall–Kier alpha value is -9.78. The van der Waals surface area contributed by atoms with E-state index in [1.54, 1.807) is 0 Å². The van der Waals surface area contributed by atoms with Crippen LogP contribution in [0.4, 0.5) is 0 Å². The van der Waals surface area contributed by atoms with Gasteiger partial charge in [0.15, 0.2) is 0 Å². The average Bonchev–Trinajstić information content (AvgIpc) is 4.01. The molecule has 14 rings (SSSR count). The number of aromatic nitrogens is 6. The monoisotopic (exact) mass is 918 g/mol. The quantitative estimate of drug-likeness (QED) is 0.152. The molecule has 6 aromatic heterocycles. The summed E-state index contributed by atoms with van der Waals surface area (Å²) in [5.74, 6) is 0. The lowest BCUT2D eigenvalue weighted by Gasteiger charge is -2.16. The van der Waals surface area contributed by atoms with Gasteiger partial charge in [-0.15, -0.1) is 0 Å². The van der Waals surface area contributed by atoms with Gasteiger partial charge < -0.3 is 9.13 Å². The number of fused-ring (bicyclic) bond motifs is 7. The van der Waals surface area contributed by atoms with Crippen LogP contribution in [0.25, 0.3) is 133 Å². The second-order valence-corrected chi connectivity index (χ2v) is 18.2. The van der Waals surface area contributed by atoms with Crippen molar-refractivity contribution in [3.8, 4) is 78.7 Å². The highest BCUT2D eigenvalue weighted by atomic mass is 15.0. The molecule has 0 spiro atoms. The summed E-state index contributed by atoms with van der Waals surface area (Å²) >= 11 is 0. The van der Waals surface area contributed by atoms with E-state index in [9.17, 15) is 0 Å². The molecule has 0 unspecified atom stereocenters. The van der Waals surface area contributed by atoms with Crippen molar-refractivity contribution in [2.24, 2.45) is 0 Å². The summed E-state index contributed by atoms with van der Waals surface area (Å²) in [7, 11) is 0. The molecule has 0 radical (unpaired) electrons. The second kappa shape index (κ2) is 17.0. The highest BCUT2D eigenvalue weighted by Gasteiger charge is 2.27. The van der Waals surface area contributed by atoms with Crippen molar-refractivity contribution in [1.82, 2.24) is 29.1 Å². The second-order valence-electron chi connectivity index (χ2n) is 18.2. The molecule has 6 heterocycles. The van der Waals surface area contributed by atoms with E-state index in [0.717, 1.165) is 133 Å². The van der Waals surface area contributed by atoms with Gasteiger partial charge in [-0.05, 0) is 70.8 Å². The fourth-order valence-corrected chi connectivity index (χ4v) is 10.8. The Morgan fingerprint density at radius 3 is 1.01 bits per heavy atom. The van der Waals surface area contributed by atoms with E-state index in [1.807, 2.05) is 49.1 Å². The molecule has 72 heavy (non-hydrogen) atoms. The lowest BCUT2D eigenvalue weighted by molar-refractivity contribution is 1.11. The van der Waals surface area contributed by atoms with Crippen LogP contribution in [0.15, 0.2) is 255 Å². The Morgan fingerprint density at radius 2 is 0.625 bits per heavy atom. The Kier molecular flexibility index (Phi) is 9.74. The van der Waals surface area contributed by atoms with E-state index in [2.05, 4.69) is 215 Å². The first-order valence-corrected chi connectivity index (χ1v) is 24.3. The van der Waals surface area contributed by atoms with Crippen LogP contribution in [0, 0.1) is 0 Å². The van der Waals surface area contributed by atoms with E-state index in [1.165, 1.54) is 0 Å². The van der Waals surface area contributed by atoms with Crippen molar-refractivity contribution >= 4 is 54.4 Å². The highest BCUT2D eigenvalue weighted by Crippen LogP contribution is 2.49. The predicted molar refractivity (Wildman–Crippen MR) is 296 cm³/mol. The highest BCUT2D eigenvalue weighted by molar-refractivity contribution is 6.24. The number of benzene rings is 8. The Morgan fingerprint density at radius 1 is 0.264 bits per heavy atom. The third-order valence-electron chi connectivity index (χ3n) is 14.1. The third kappa shape index (κ3) is 6.80. The summed E-state index contributed by atoms with van der Waals surface area (Å²) in [6.45, 7) is 0. The average molecular weight is 919 g/mol. The van der Waals surface area contributed by atoms with Crippen LogP contribution in [0.1, 0.15) is 0 Å². The van der Waals surface area contributed by atoms with Crippen molar-refractivity contribution in [3.05, 3.63) is 255 Å². The van der Waals surface area contributed by atoms with Gasteiger partial charge in [-0.2, -0.15) is 0 Å². The Balaban J connectivity index is 1.07. The van der Waals surface area contributed by atoms with E-state index >= 15 is 0 Å². The first-order chi connectivity index (χ1) is 35.7. The predicted octanol–water partition coefficient (Wildman–Crippen LogP) is 16.6. The molecular formula is C66H42N6.